The molecule has 1 aromatic heterocycles. The quantitative estimate of drug-likeness (QED) is 0.752. The Bertz CT molecular complexity index is 568. The highest BCUT2D eigenvalue weighted by Gasteiger charge is 2.08. The number of nitrogens with zero attached hydrogens (tertiary/aromatic N) is 2. The van der Waals surface area contributed by atoms with E-state index in [2.05, 4.69) is 15.5 Å². The number of halogens is 1. The van der Waals surface area contributed by atoms with Gasteiger partial charge in [-0.25, -0.2) is 4.39 Å². The molecule has 2 aromatic rings. The standard InChI is InChI=1S/C13H14FN3O3/c14-10-5-3-9(4-6-10)13-17-16-11(20-13)8-15-7-1-2-12(18)19/h3-6,15H,1-2,7-8H2,(H,18,19). The molecule has 1 heterocycles. The summed E-state index contributed by atoms with van der Waals surface area (Å²) < 4.78 is 18.2. The first-order chi connectivity index (χ1) is 9.65. The van der Waals surface area contributed by atoms with Gasteiger partial charge in [0.25, 0.3) is 0 Å². The molecule has 0 atom stereocenters. The van der Waals surface area contributed by atoms with Gasteiger partial charge in [0, 0.05) is 12.0 Å². The van der Waals surface area contributed by atoms with Crippen LogP contribution in [0.3, 0.4) is 0 Å². The van der Waals surface area contributed by atoms with Crippen molar-refractivity contribution in [2.75, 3.05) is 6.54 Å². The van der Waals surface area contributed by atoms with Crippen LogP contribution in [0.25, 0.3) is 11.5 Å². The zero-order chi connectivity index (χ0) is 14.4. The Balaban J connectivity index is 1.83. The molecule has 0 unspecified atom stereocenters. The Labute approximate surface area is 114 Å². The highest BCUT2D eigenvalue weighted by molar-refractivity contribution is 5.66. The molecule has 106 valence electrons. The van der Waals surface area contributed by atoms with Gasteiger partial charge in [-0.05, 0) is 37.2 Å². The zero-order valence-corrected chi connectivity index (χ0v) is 10.7. The van der Waals surface area contributed by atoms with Crippen LogP contribution in [0.5, 0.6) is 0 Å². The van der Waals surface area contributed by atoms with E-state index in [1.165, 1.54) is 12.1 Å². The number of nitrogens with one attached hydrogen (secondary N) is 1. The van der Waals surface area contributed by atoms with Crippen molar-refractivity contribution >= 4 is 5.97 Å². The Morgan fingerprint density at radius 1 is 1.30 bits per heavy atom. The van der Waals surface area contributed by atoms with Crippen molar-refractivity contribution < 1.29 is 18.7 Å². The summed E-state index contributed by atoms with van der Waals surface area (Å²) in [7, 11) is 0. The fourth-order valence-corrected chi connectivity index (χ4v) is 1.59. The summed E-state index contributed by atoms with van der Waals surface area (Å²) in [5, 5.41) is 19.2. The lowest BCUT2D eigenvalue weighted by atomic mass is 10.2. The molecule has 2 N–H and O–H groups in total. The summed E-state index contributed by atoms with van der Waals surface area (Å²) in [6.45, 7) is 0.925. The first-order valence-corrected chi connectivity index (χ1v) is 6.16. The van der Waals surface area contributed by atoms with Gasteiger partial charge in [-0.2, -0.15) is 0 Å². The highest BCUT2D eigenvalue weighted by atomic mass is 19.1. The molecule has 0 saturated carbocycles. The fourth-order valence-electron chi connectivity index (χ4n) is 1.59. The van der Waals surface area contributed by atoms with Crippen LogP contribution in [0.2, 0.25) is 0 Å². The molecule has 0 amide bonds. The van der Waals surface area contributed by atoms with E-state index in [1.807, 2.05) is 0 Å². The molecule has 0 aliphatic heterocycles. The van der Waals surface area contributed by atoms with Gasteiger partial charge in [0.2, 0.25) is 11.8 Å². The second kappa shape index (κ2) is 6.76. The molecule has 0 fully saturated rings. The summed E-state index contributed by atoms with van der Waals surface area (Å²) >= 11 is 0. The molecule has 0 radical (unpaired) electrons. The van der Waals surface area contributed by atoms with Gasteiger partial charge in [-0.3, -0.25) is 4.79 Å². The Hall–Kier alpha value is -2.28. The summed E-state index contributed by atoms with van der Waals surface area (Å²) in [4.78, 5) is 10.3. The second-order valence-corrected chi connectivity index (χ2v) is 4.18. The van der Waals surface area contributed by atoms with E-state index in [1.54, 1.807) is 12.1 Å². The maximum atomic E-state index is 12.8. The van der Waals surface area contributed by atoms with Crippen LogP contribution < -0.4 is 5.32 Å². The molecule has 2 rings (SSSR count). The Kier molecular flexibility index (Phi) is 4.78. The minimum absolute atomic E-state index is 0.123. The zero-order valence-electron chi connectivity index (χ0n) is 10.7. The first-order valence-electron chi connectivity index (χ1n) is 6.16. The van der Waals surface area contributed by atoms with Crippen molar-refractivity contribution in [2.45, 2.75) is 19.4 Å². The third kappa shape index (κ3) is 4.13. The minimum atomic E-state index is -0.816. The predicted molar refractivity (Wildman–Crippen MR) is 68.3 cm³/mol. The van der Waals surface area contributed by atoms with Gasteiger partial charge < -0.3 is 14.8 Å². The number of rotatable bonds is 7. The van der Waals surface area contributed by atoms with E-state index in [0.717, 1.165) is 0 Å². The topological polar surface area (TPSA) is 88.2 Å². The lowest BCUT2D eigenvalue weighted by Gasteiger charge is -1.99. The molecule has 0 bridgehead atoms. The maximum Gasteiger partial charge on any atom is 0.303 e. The number of hydrogen-bond acceptors (Lipinski definition) is 5. The van der Waals surface area contributed by atoms with Crippen LogP contribution in [-0.2, 0) is 11.3 Å². The van der Waals surface area contributed by atoms with E-state index in [0.29, 0.717) is 36.9 Å². The molecule has 0 spiro atoms. The van der Waals surface area contributed by atoms with E-state index in [4.69, 9.17) is 9.52 Å². The first kappa shape index (κ1) is 14.1. The Morgan fingerprint density at radius 3 is 2.75 bits per heavy atom. The molecule has 0 aliphatic rings. The fraction of sp³-hybridized carbons (Fsp3) is 0.308. The summed E-state index contributed by atoms with van der Waals surface area (Å²) in [6.07, 6.45) is 0.659. The largest absolute Gasteiger partial charge is 0.481 e. The molecular formula is C13H14FN3O3. The SMILES string of the molecule is O=C(O)CCCNCc1nnc(-c2ccc(F)cc2)o1. The van der Waals surface area contributed by atoms with Crippen molar-refractivity contribution in [2.24, 2.45) is 0 Å². The molecule has 0 saturated heterocycles. The van der Waals surface area contributed by atoms with Crippen LogP contribution in [0, 0.1) is 5.82 Å². The molecule has 6 nitrogen and oxygen atoms in total. The smallest absolute Gasteiger partial charge is 0.303 e. The monoisotopic (exact) mass is 279 g/mol. The van der Waals surface area contributed by atoms with Crippen LogP contribution >= 0.6 is 0 Å². The molecule has 0 aliphatic carbocycles. The van der Waals surface area contributed by atoms with E-state index in [-0.39, 0.29) is 12.2 Å². The average Bonchev–Trinajstić information content (AvgIpc) is 2.87. The van der Waals surface area contributed by atoms with Crippen molar-refractivity contribution in [3.05, 3.63) is 36.0 Å². The number of hydrogen-bond donors (Lipinski definition) is 2. The summed E-state index contributed by atoms with van der Waals surface area (Å²) in [6, 6.07) is 5.77. The van der Waals surface area contributed by atoms with Crippen molar-refractivity contribution in [3.63, 3.8) is 0 Å². The van der Waals surface area contributed by atoms with Crippen LogP contribution in [0.15, 0.2) is 28.7 Å². The normalized spacial score (nSPS) is 10.7. The number of aliphatic carboxylic acids is 1. The van der Waals surface area contributed by atoms with E-state index >= 15 is 0 Å². The maximum absolute atomic E-state index is 12.8. The van der Waals surface area contributed by atoms with Crippen LogP contribution in [0.4, 0.5) is 4.39 Å². The number of carboxylic acids is 1. The number of carbonyl (C=O) groups is 1. The lowest BCUT2D eigenvalue weighted by molar-refractivity contribution is -0.137. The van der Waals surface area contributed by atoms with Crippen LogP contribution in [-0.4, -0.2) is 27.8 Å². The summed E-state index contributed by atoms with van der Waals surface area (Å²) in [5.41, 5.74) is 0.649. The minimum Gasteiger partial charge on any atom is -0.481 e. The Morgan fingerprint density at radius 2 is 2.05 bits per heavy atom. The van der Waals surface area contributed by atoms with Gasteiger partial charge in [-0.1, -0.05) is 0 Å². The number of aromatic nitrogens is 2. The molecule has 1 aromatic carbocycles. The number of carboxylic acid groups (broad SMARTS) is 1. The van der Waals surface area contributed by atoms with Gasteiger partial charge >= 0.3 is 5.97 Å². The lowest BCUT2D eigenvalue weighted by Crippen LogP contribution is -2.15. The summed E-state index contributed by atoms with van der Waals surface area (Å²) in [5.74, 6) is -0.413. The highest BCUT2D eigenvalue weighted by Crippen LogP contribution is 2.17. The average molecular weight is 279 g/mol. The van der Waals surface area contributed by atoms with E-state index < -0.39 is 5.97 Å². The van der Waals surface area contributed by atoms with Gasteiger partial charge in [0.1, 0.15) is 5.82 Å². The van der Waals surface area contributed by atoms with E-state index in [9.17, 15) is 9.18 Å². The van der Waals surface area contributed by atoms with Gasteiger partial charge in [-0.15, -0.1) is 10.2 Å². The second-order valence-electron chi connectivity index (χ2n) is 4.18. The van der Waals surface area contributed by atoms with Crippen LogP contribution in [0.1, 0.15) is 18.7 Å². The van der Waals surface area contributed by atoms with Gasteiger partial charge in [0.15, 0.2) is 0 Å². The molecule has 7 heteroatoms. The van der Waals surface area contributed by atoms with Crippen molar-refractivity contribution in [1.82, 2.24) is 15.5 Å². The molecular weight excluding hydrogens is 265 g/mol. The predicted octanol–water partition coefficient (Wildman–Crippen LogP) is 1.83. The van der Waals surface area contributed by atoms with Gasteiger partial charge in [0.05, 0.1) is 6.54 Å². The van der Waals surface area contributed by atoms with Crippen molar-refractivity contribution in [1.29, 1.82) is 0 Å². The van der Waals surface area contributed by atoms with Crippen molar-refractivity contribution in [3.8, 4) is 11.5 Å². The number of benzene rings is 1. The molecule has 20 heavy (non-hydrogen) atoms. The third-order valence-electron chi connectivity index (χ3n) is 2.58. The third-order valence-corrected chi connectivity index (χ3v) is 2.58.